The number of hydrogen-bond acceptors (Lipinski definition) is 0. The minimum Gasteiger partial charge on any atom is -0.204 e. The number of rotatable bonds is 2. The zero-order valence-electron chi connectivity index (χ0n) is 20.7. The minimum atomic E-state index is -3.69. The Morgan fingerprint density at radius 3 is 0.976 bits per heavy atom. The fraction of sp³-hybridized carbons (Fsp3) is 0.0625. The lowest BCUT2D eigenvalue weighted by Gasteiger charge is -2.15. The van der Waals surface area contributed by atoms with Crippen LogP contribution in [-0.4, -0.2) is 0 Å². The minimum absolute atomic E-state index is 0.0385. The van der Waals surface area contributed by atoms with Gasteiger partial charge in [-0.1, -0.05) is 24.3 Å². The summed E-state index contributed by atoms with van der Waals surface area (Å²) in [6, 6.07) is 11.5. The molecule has 42 heavy (non-hydrogen) atoms. The van der Waals surface area contributed by atoms with Crippen molar-refractivity contribution in [3.8, 4) is 44.5 Å². The maximum absolute atomic E-state index is 15.8. The zero-order chi connectivity index (χ0) is 29.9. The van der Waals surface area contributed by atoms with E-state index in [9.17, 15) is 26.3 Å². The van der Waals surface area contributed by atoms with Crippen molar-refractivity contribution in [2.75, 3.05) is 0 Å². The molecule has 0 N–H and O–H groups in total. The SMILES string of the molecule is Fc1cc(-c2ccc3c(c2)C(F)(F)c2cc4c(cc2-3)C(F)(F)c2cc(-c3cc(F)c(F)c(F)c3)ccc2-4)cc(F)c1F. The lowest BCUT2D eigenvalue weighted by atomic mass is 9.96. The van der Waals surface area contributed by atoms with E-state index in [4.69, 9.17) is 0 Å². The quantitative estimate of drug-likeness (QED) is 0.143. The molecule has 0 aliphatic heterocycles. The highest BCUT2D eigenvalue weighted by Crippen LogP contribution is 2.58. The van der Waals surface area contributed by atoms with Crippen molar-refractivity contribution >= 4 is 0 Å². The predicted molar refractivity (Wildman–Crippen MR) is 134 cm³/mol. The van der Waals surface area contributed by atoms with Gasteiger partial charge < -0.3 is 0 Å². The molecule has 0 bridgehead atoms. The van der Waals surface area contributed by atoms with Gasteiger partial charge in [-0.3, -0.25) is 0 Å². The summed E-state index contributed by atoms with van der Waals surface area (Å²) in [4.78, 5) is 0. The molecule has 0 unspecified atom stereocenters. The van der Waals surface area contributed by atoms with E-state index in [0.29, 0.717) is 24.3 Å². The van der Waals surface area contributed by atoms with E-state index >= 15 is 17.6 Å². The molecule has 5 aromatic rings. The zero-order valence-corrected chi connectivity index (χ0v) is 20.7. The van der Waals surface area contributed by atoms with Gasteiger partial charge in [0.2, 0.25) is 0 Å². The first kappa shape index (κ1) is 26.3. The number of fused-ring (bicyclic) bond motifs is 6. The van der Waals surface area contributed by atoms with Crippen molar-refractivity contribution in [2.24, 2.45) is 0 Å². The van der Waals surface area contributed by atoms with E-state index in [1.807, 2.05) is 0 Å². The maximum atomic E-state index is 15.8. The topological polar surface area (TPSA) is 0 Å². The van der Waals surface area contributed by atoms with Gasteiger partial charge in [-0.05, 0) is 93.0 Å². The van der Waals surface area contributed by atoms with Crippen LogP contribution in [0.25, 0.3) is 44.5 Å². The summed E-state index contributed by atoms with van der Waals surface area (Å²) < 4.78 is 145. The van der Waals surface area contributed by atoms with Crippen LogP contribution in [0.15, 0.2) is 72.8 Å². The van der Waals surface area contributed by atoms with E-state index in [2.05, 4.69) is 0 Å². The predicted octanol–water partition coefficient (Wildman–Crippen LogP) is 10.1. The highest BCUT2D eigenvalue weighted by molar-refractivity contribution is 5.90. The molecule has 0 fully saturated rings. The van der Waals surface area contributed by atoms with Crippen LogP contribution >= 0.6 is 0 Å². The Balaban J connectivity index is 1.35. The maximum Gasteiger partial charge on any atom is 0.299 e. The fourth-order valence-corrected chi connectivity index (χ4v) is 5.74. The summed E-state index contributed by atoms with van der Waals surface area (Å²) in [5.74, 6) is -16.8. The molecular formula is C32H12F10. The van der Waals surface area contributed by atoms with E-state index < -0.39 is 69.0 Å². The van der Waals surface area contributed by atoms with Crippen LogP contribution in [-0.2, 0) is 11.8 Å². The van der Waals surface area contributed by atoms with Gasteiger partial charge in [0.15, 0.2) is 34.9 Å². The summed E-state index contributed by atoms with van der Waals surface area (Å²) in [6.07, 6.45) is 0. The van der Waals surface area contributed by atoms with Gasteiger partial charge in [0.1, 0.15) is 0 Å². The van der Waals surface area contributed by atoms with Crippen molar-refractivity contribution in [1.29, 1.82) is 0 Å². The van der Waals surface area contributed by atoms with Crippen LogP contribution in [0.4, 0.5) is 43.9 Å². The molecule has 0 aromatic heterocycles. The Kier molecular flexibility index (Phi) is 5.30. The summed E-state index contributed by atoms with van der Waals surface area (Å²) in [5.41, 5.74) is -3.26. The van der Waals surface area contributed by atoms with Gasteiger partial charge in [-0.25, -0.2) is 26.3 Å². The average molecular weight is 586 g/mol. The van der Waals surface area contributed by atoms with Crippen molar-refractivity contribution < 1.29 is 43.9 Å². The molecule has 0 spiro atoms. The van der Waals surface area contributed by atoms with Crippen LogP contribution in [0.3, 0.4) is 0 Å². The molecule has 0 nitrogen and oxygen atoms in total. The van der Waals surface area contributed by atoms with Crippen LogP contribution in [0, 0.1) is 34.9 Å². The van der Waals surface area contributed by atoms with Crippen molar-refractivity contribution in [3.05, 3.63) is 130 Å². The summed E-state index contributed by atoms with van der Waals surface area (Å²) in [5, 5.41) is 0. The molecule has 2 aliphatic rings. The Morgan fingerprint density at radius 1 is 0.333 bits per heavy atom. The number of hydrogen-bond donors (Lipinski definition) is 0. The van der Waals surface area contributed by atoms with Crippen molar-refractivity contribution in [1.82, 2.24) is 0 Å². The van der Waals surface area contributed by atoms with Crippen molar-refractivity contribution in [2.45, 2.75) is 11.8 Å². The van der Waals surface area contributed by atoms with Crippen LogP contribution in [0.1, 0.15) is 22.3 Å². The van der Waals surface area contributed by atoms with Gasteiger partial charge >= 0.3 is 0 Å². The first-order valence-corrected chi connectivity index (χ1v) is 12.3. The Bertz CT molecular complexity index is 1820. The highest BCUT2D eigenvalue weighted by Gasteiger charge is 2.50. The molecule has 0 amide bonds. The molecule has 0 heterocycles. The summed E-state index contributed by atoms with van der Waals surface area (Å²) in [6.45, 7) is 0. The molecule has 210 valence electrons. The second-order valence-corrected chi connectivity index (χ2v) is 10.1. The lowest BCUT2D eigenvalue weighted by molar-refractivity contribution is 0.0451. The summed E-state index contributed by atoms with van der Waals surface area (Å²) >= 11 is 0. The van der Waals surface area contributed by atoms with E-state index in [1.54, 1.807) is 0 Å². The Hall–Kier alpha value is -4.60. The molecule has 10 heteroatoms. The number of halogens is 10. The third kappa shape index (κ3) is 3.50. The third-order valence-electron chi connectivity index (χ3n) is 7.76. The fourth-order valence-electron chi connectivity index (χ4n) is 5.74. The molecular weight excluding hydrogens is 574 g/mol. The monoisotopic (exact) mass is 586 g/mol. The normalized spacial score (nSPS) is 15.3. The second kappa shape index (κ2) is 8.47. The van der Waals surface area contributed by atoms with E-state index in [-0.39, 0.29) is 44.5 Å². The average Bonchev–Trinajstić information content (AvgIpc) is 3.31. The van der Waals surface area contributed by atoms with Gasteiger partial charge in [0.05, 0.1) is 0 Å². The molecule has 0 radical (unpaired) electrons. The lowest BCUT2D eigenvalue weighted by Crippen LogP contribution is -2.13. The highest BCUT2D eigenvalue weighted by atomic mass is 19.3. The molecule has 2 aliphatic carbocycles. The Labute approximate surface area is 230 Å². The third-order valence-corrected chi connectivity index (χ3v) is 7.76. The number of benzene rings is 5. The van der Waals surface area contributed by atoms with Gasteiger partial charge in [-0.2, -0.15) is 17.6 Å². The Morgan fingerprint density at radius 2 is 0.643 bits per heavy atom. The summed E-state index contributed by atoms with van der Waals surface area (Å²) in [7, 11) is 0. The van der Waals surface area contributed by atoms with Crippen LogP contribution in [0.5, 0.6) is 0 Å². The number of alkyl halides is 4. The smallest absolute Gasteiger partial charge is 0.204 e. The molecule has 0 saturated carbocycles. The first-order valence-electron chi connectivity index (χ1n) is 12.3. The molecule has 0 saturated heterocycles. The van der Waals surface area contributed by atoms with E-state index in [0.717, 1.165) is 24.3 Å². The van der Waals surface area contributed by atoms with Crippen molar-refractivity contribution in [3.63, 3.8) is 0 Å². The molecule has 5 aromatic carbocycles. The van der Waals surface area contributed by atoms with Gasteiger partial charge in [0, 0.05) is 22.3 Å². The van der Waals surface area contributed by atoms with Crippen LogP contribution in [0.2, 0.25) is 0 Å². The molecule has 0 atom stereocenters. The molecule has 7 rings (SSSR count). The van der Waals surface area contributed by atoms with Crippen LogP contribution < -0.4 is 0 Å². The largest absolute Gasteiger partial charge is 0.299 e. The van der Waals surface area contributed by atoms with Gasteiger partial charge in [-0.15, -0.1) is 0 Å². The van der Waals surface area contributed by atoms with E-state index in [1.165, 1.54) is 24.3 Å². The first-order chi connectivity index (χ1) is 19.8. The standard InChI is InChI=1S/C32H12F10/c33-25-7-15(8-26(34)29(25)37)13-1-3-17-19-11-24-20(12-23(19)31(39,40)21(17)5-13)18-4-2-14(6-22(18)32(24,41)42)16-9-27(35)30(38)28(36)10-16/h1-12H. The second-order valence-electron chi connectivity index (χ2n) is 10.1. The van der Waals surface area contributed by atoms with Gasteiger partial charge in [0.25, 0.3) is 11.8 Å².